The van der Waals surface area contributed by atoms with Crippen molar-refractivity contribution in [2.75, 3.05) is 0 Å². The van der Waals surface area contributed by atoms with E-state index in [1.807, 2.05) is 0 Å². The van der Waals surface area contributed by atoms with Gasteiger partial charge in [-0.05, 0) is 39.0 Å². The van der Waals surface area contributed by atoms with Crippen molar-refractivity contribution < 1.29 is 18.0 Å². The van der Waals surface area contributed by atoms with Crippen LogP contribution in [0.2, 0.25) is 0 Å². The number of amides is 1. The quantitative estimate of drug-likeness (QED) is 0.935. The van der Waals surface area contributed by atoms with Crippen LogP contribution in [-0.2, 0) is 6.18 Å². The van der Waals surface area contributed by atoms with Crippen LogP contribution in [0.5, 0.6) is 0 Å². The van der Waals surface area contributed by atoms with E-state index in [9.17, 15) is 22.8 Å². The maximum Gasteiger partial charge on any atom is 0.416 e. The van der Waals surface area contributed by atoms with Crippen molar-refractivity contribution in [1.82, 2.24) is 15.1 Å². The highest BCUT2D eigenvalue weighted by molar-refractivity contribution is 5.92. The van der Waals surface area contributed by atoms with E-state index in [4.69, 9.17) is 0 Å². The zero-order chi connectivity index (χ0) is 18.1. The lowest BCUT2D eigenvalue weighted by molar-refractivity contribution is -0.137. The van der Waals surface area contributed by atoms with Gasteiger partial charge in [0.05, 0.1) is 11.3 Å². The summed E-state index contributed by atoms with van der Waals surface area (Å²) in [6.45, 7) is 4.97. The van der Waals surface area contributed by atoms with Crippen molar-refractivity contribution in [3.05, 3.63) is 57.5 Å². The molecule has 1 heterocycles. The summed E-state index contributed by atoms with van der Waals surface area (Å²) in [5.74, 6) is -0.671. The minimum Gasteiger partial charge on any atom is -0.348 e. The molecule has 2 aromatic rings. The van der Waals surface area contributed by atoms with Crippen LogP contribution in [0.3, 0.4) is 0 Å². The van der Waals surface area contributed by atoms with Crippen molar-refractivity contribution in [1.29, 1.82) is 0 Å². The average Bonchev–Trinajstić information content (AvgIpc) is 2.45. The SMILES string of the molecule is Cc1cc(=O)c(C(=O)NC(C)C)nn1-c1cccc(C(F)(F)F)c1. The minimum absolute atomic E-state index is 0.112. The second-order valence-electron chi connectivity index (χ2n) is 5.59. The smallest absolute Gasteiger partial charge is 0.348 e. The Hall–Kier alpha value is -2.64. The van der Waals surface area contributed by atoms with Crippen LogP contribution in [0, 0.1) is 6.92 Å². The predicted molar refractivity (Wildman–Crippen MR) is 82.2 cm³/mol. The number of halogens is 3. The number of hydrogen-bond acceptors (Lipinski definition) is 3. The molecule has 0 aliphatic rings. The van der Waals surface area contributed by atoms with Gasteiger partial charge in [0.25, 0.3) is 5.91 Å². The first-order valence-electron chi connectivity index (χ1n) is 7.19. The van der Waals surface area contributed by atoms with Crippen molar-refractivity contribution >= 4 is 5.91 Å². The maximum atomic E-state index is 12.9. The van der Waals surface area contributed by atoms with Crippen LogP contribution in [0.1, 0.15) is 35.6 Å². The van der Waals surface area contributed by atoms with E-state index in [0.29, 0.717) is 5.69 Å². The van der Waals surface area contributed by atoms with Gasteiger partial charge in [-0.3, -0.25) is 9.59 Å². The third-order valence-corrected chi connectivity index (χ3v) is 3.16. The molecule has 0 bridgehead atoms. The highest BCUT2D eigenvalue weighted by atomic mass is 19.4. The molecule has 1 aromatic heterocycles. The molecule has 0 unspecified atom stereocenters. The molecule has 0 fully saturated rings. The number of nitrogens with one attached hydrogen (secondary N) is 1. The first-order chi connectivity index (χ1) is 11.1. The van der Waals surface area contributed by atoms with Crippen LogP contribution >= 0.6 is 0 Å². The van der Waals surface area contributed by atoms with Gasteiger partial charge in [-0.2, -0.15) is 18.3 Å². The van der Waals surface area contributed by atoms with E-state index in [2.05, 4.69) is 10.4 Å². The Morgan fingerprint density at radius 2 is 1.92 bits per heavy atom. The third kappa shape index (κ3) is 3.81. The fraction of sp³-hybridized carbons (Fsp3) is 0.312. The van der Waals surface area contributed by atoms with Crippen molar-refractivity contribution in [3.8, 4) is 5.69 Å². The van der Waals surface area contributed by atoms with Crippen LogP contribution in [0.25, 0.3) is 5.69 Å². The molecule has 0 saturated heterocycles. The summed E-state index contributed by atoms with van der Waals surface area (Å²) < 4.78 is 39.7. The van der Waals surface area contributed by atoms with Crippen LogP contribution < -0.4 is 10.7 Å². The lowest BCUT2D eigenvalue weighted by Crippen LogP contribution is -2.35. The fourth-order valence-corrected chi connectivity index (χ4v) is 2.11. The summed E-state index contributed by atoms with van der Waals surface area (Å²) >= 11 is 0. The summed E-state index contributed by atoms with van der Waals surface area (Å²) in [5, 5.41) is 6.48. The Balaban J connectivity index is 2.56. The zero-order valence-electron chi connectivity index (χ0n) is 13.3. The largest absolute Gasteiger partial charge is 0.416 e. The molecule has 0 aliphatic carbocycles. The Kier molecular flexibility index (Phi) is 4.77. The number of alkyl halides is 3. The molecule has 0 aliphatic heterocycles. The van der Waals surface area contributed by atoms with Gasteiger partial charge < -0.3 is 5.32 Å². The predicted octanol–water partition coefficient (Wildman–Crippen LogP) is 2.70. The first-order valence-corrected chi connectivity index (χ1v) is 7.19. The summed E-state index contributed by atoms with van der Waals surface area (Å²) in [7, 11) is 0. The summed E-state index contributed by atoms with van der Waals surface area (Å²) in [4.78, 5) is 24.0. The fourth-order valence-electron chi connectivity index (χ4n) is 2.11. The van der Waals surface area contributed by atoms with Gasteiger partial charge in [0, 0.05) is 17.8 Å². The molecule has 5 nitrogen and oxygen atoms in total. The van der Waals surface area contributed by atoms with Crippen LogP contribution in [0.4, 0.5) is 13.2 Å². The lowest BCUT2D eigenvalue weighted by atomic mass is 10.2. The zero-order valence-corrected chi connectivity index (χ0v) is 13.3. The molecule has 1 N–H and O–H groups in total. The van der Waals surface area contributed by atoms with E-state index in [0.717, 1.165) is 16.8 Å². The number of aromatic nitrogens is 2. The molecule has 1 amide bonds. The van der Waals surface area contributed by atoms with E-state index in [1.165, 1.54) is 25.1 Å². The second-order valence-corrected chi connectivity index (χ2v) is 5.59. The molecule has 24 heavy (non-hydrogen) atoms. The van der Waals surface area contributed by atoms with E-state index in [1.54, 1.807) is 13.8 Å². The van der Waals surface area contributed by atoms with Gasteiger partial charge in [0.1, 0.15) is 0 Å². The standard InChI is InChI=1S/C16H16F3N3O2/c1-9(2)20-15(24)14-13(23)7-10(3)22(21-14)12-6-4-5-11(8-12)16(17,18)19/h4-9H,1-3H3,(H,20,24). The molecule has 0 atom stereocenters. The van der Waals surface area contributed by atoms with E-state index in [-0.39, 0.29) is 17.4 Å². The summed E-state index contributed by atoms with van der Waals surface area (Å²) in [6.07, 6.45) is -4.50. The normalized spacial score (nSPS) is 11.6. The molecule has 8 heteroatoms. The van der Waals surface area contributed by atoms with Gasteiger partial charge in [-0.15, -0.1) is 0 Å². The first kappa shape index (κ1) is 17.7. The monoisotopic (exact) mass is 339 g/mol. The van der Waals surface area contributed by atoms with Gasteiger partial charge in [-0.1, -0.05) is 6.07 Å². The Labute approximate surface area is 136 Å². The van der Waals surface area contributed by atoms with Crippen LogP contribution in [0.15, 0.2) is 35.1 Å². The molecule has 0 spiro atoms. The van der Waals surface area contributed by atoms with Gasteiger partial charge in [-0.25, -0.2) is 4.68 Å². The molecule has 2 rings (SSSR count). The number of hydrogen-bond donors (Lipinski definition) is 1. The van der Waals surface area contributed by atoms with Crippen molar-refractivity contribution in [3.63, 3.8) is 0 Å². The lowest BCUT2D eigenvalue weighted by Gasteiger charge is -2.14. The molecular weight excluding hydrogens is 323 g/mol. The maximum absolute atomic E-state index is 12.9. The van der Waals surface area contributed by atoms with E-state index >= 15 is 0 Å². The molecule has 0 saturated carbocycles. The van der Waals surface area contributed by atoms with E-state index < -0.39 is 23.1 Å². The number of nitrogens with zero attached hydrogens (tertiary/aromatic N) is 2. The van der Waals surface area contributed by atoms with Gasteiger partial charge in [0.2, 0.25) is 5.43 Å². The number of rotatable bonds is 3. The topological polar surface area (TPSA) is 64.0 Å². The third-order valence-electron chi connectivity index (χ3n) is 3.16. The number of aryl methyl sites for hydroxylation is 1. The number of carbonyl (C=O) groups is 1. The van der Waals surface area contributed by atoms with Crippen molar-refractivity contribution in [2.24, 2.45) is 0 Å². The average molecular weight is 339 g/mol. The molecule has 0 radical (unpaired) electrons. The Morgan fingerprint density at radius 1 is 1.25 bits per heavy atom. The highest BCUT2D eigenvalue weighted by Gasteiger charge is 2.30. The minimum atomic E-state index is -4.50. The van der Waals surface area contributed by atoms with Gasteiger partial charge >= 0.3 is 6.18 Å². The van der Waals surface area contributed by atoms with Crippen LogP contribution in [-0.4, -0.2) is 21.7 Å². The molecule has 128 valence electrons. The number of benzene rings is 1. The Bertz CT molecular complexity index is 826. The summed E-state index contributed by atoms with van der Waals surface area (Å²) in [6, 6.07) is 5.47. The highest BCUT2D eigenvalue weighted by Crippen LogP contribution is 2.30. The summed E-state index contributed by atoms with van der Waals surface area (Å²) in [5.41, 5.74) is -1.37. The molecular formula is C16H16F3N3O2. The number of carbonyl (C=O) groups excluding carboxylic acids is 1. The second kappa shape index (κ2) is 6.46. The van der Waals surface area contributed by atoms with Crippen molar-refractivity contribution in [2.45, 2.75) is 33.0 Å². The Morgan fingerprint density at radius 3 is 2.50 bits per heavy atom. The van der Waals surface area contributed by atoms with Gasteiger partial charge in [0.15, 0.2) is 5.69 Å². The molecule has 1 aromatic carbocycles.